The maximum Gasteiger partial charge on any atom is 0.323 e. The molecule has 0 radical (unpaired) electrons. The Labute approximate surface area is 90.4 Å². The highest BCUT2D eigenvalue weighted by Crippen LogP contribution is 1.99. The van der Waals surface area contributed by atoms with Crippen molar-refractivity contribution in [2.45, 2.75) is 26.3 Å². The smallest absolute Gasteiger partial charge is 0.323 e. The van der Waals surface area contributed by atoms with E-state index in [1.54, 1.807) is 13.8 Å². The molecule has 0 aliphatic rings. The number of hydrogen-bond acceptors (Lipinski definition) is 4. The van der Waals surface area contributed by atoms with E-state index < -0.39 is 0 Å². The Morgan fingerprint density at radius 2 is 2.21 bits per heavy atom. The molecular weight excluding hydrogens is 200 g/mol. The van der Waals surface area contributed by atoms with E-state index in [4.69, 9.17) is 22.7 Å². The van der Waals surface area contributed by atoms with Crippen LogP contribution in [0.15, 0.2) is 0 Å². The molecule has 0 heterocycles. The summed E-state index contributed by atoms with van der Waals surface area (Å²) in [5.74, 6) is -0.210. The van der Waals surface area contributed by atoms with Crippen LogP contribution in [0.2, 0.25) is 0 Å². The summed E-state index contributed by atoms with van der Waals surface area (Å²) < 4.78 is 4.89. The third kappa shape index (κ3) is 5.14. The van der Waals surface area contributed by atoms with Crippen molar-refractivity contribution in [3.8, 4) is 0 Å². The van der Waals surface area contributed by atoms with E-state index in [2.05, 4.69) is 0 Å². The summed E-state index contributed by atoms with van der Waals surface area (Å²) in [6, 6.07) is -0.246. The molecule has 0 aromatic carbocycles. The van der Waals surface area contributed by atoms with Gasteiger partial charge in [0.2, 0.25) is 0 Å². The minimum absolute atomic E-state index is 0.210. The Bertz CT molecular complexity index is 209. The number of nitrogens with zero attached hydrogens (tertiary/aromatic N) is 1. The predicted octanol–water partition coefficient (Wildman–Crippen LogP) is 0.546. The minimum Gasteiger partial charge on any atom is -0.465 e. The molecule has 0 saturated heterocycles. The van der Waals surface area contributed by atoms with Crippen molar-refractivity contribution in [1.82, 2.24) is 4.90 Å². The molecule has 5 heteroatoms. The van der Waals surface area contributed by atoms with Crippen LogP contribution in [0.25, 0.3) is 0 Å². The lowest BCUT2D eigenvalue weighted by Gasteiger charge is -2.22. The third-order valence-electron chi connectivity index (χ3n) is 2.00. The first-order valence-electron chi connectivity index (χ1n) is 4.64. The van der Waals surface area contributed by atoms with Gasteiger partial charge >= 0.3 is 5.97 Å². The zero-order valence-corrected chi connectivity index (χ0v) is 9.76. The fourth-order valence-corrected chi connectivity index (χ4v) is 1.01. The van der Waals surface area contributed by atoms with Gasteiger partial charge in [0.1, 0.15) is 6.04 Å². The highest BCUT2D eigenvalue weighted by molar-refractivity contribution is 7.80. The number of rotatable bonds is 6. The van der Waals surface area contributed by atoms with Gasteiger partial charge in [0.25, 0.3) is 0 Å². The maximum atomic E-state index is 11.3. The Balaban J connectivity index is 3.91. The van der Waals surface area contributed by atoms with E-state index in [0.29, 0.717) is 24.6 Å². The Morgan fingerprint density at radius 1 is 1.64 bits per heavy atom. The normalized spacial score (nSPS) is 12.6. The molecule has 0 aliphatic carbocycles. The molecule has 0 bridgehead atoms. The van der Waals surface area contributed by atoms with Gasteiger partial charge < -0.3 is 10.5 Å². The zero-order valence-electron chi connectivity index (χ0n) is 8.95. The first kappa shape index (κ1) is 13.3. The number of esters is 1. The molecule has 0 saturated carbocycles. The molecule has 1 atom stereocenters. The third-order valence-corrected chi connectivity index (χ3v) is 2.20. The molecule has 4 nitrogen and oxygen atoms in total. The molecule has 0 fully saturated rings. The Kier molecular flexibility index (Phi) is 6.40. The van der Waals surface area contributed by atoms with Gasteiger partial charge in [0.05, 0.1) is 11.6 Å². The lowest BCUT2D eigenvalue weighted by molar-refractivity contribution is -0.148. The van der Waals surface area contributed by atoms with Crippen molar-refractivity contribution in [2.24, 2.45) is 5.73 Å². The van der Waals surface area contributed by atoms with Crippen molar-refractivity contribution in [3.05, 3.63) is 0 Å². The highest BCUT2D eigenvalue weighted by atomic mass is 32.1. The highest BCUT2D eigenvalue weighted by Gasteiger charge is 2.18. The van der Waals surface area contributed by atoms with Gasteiger partial charge in [-0.05, 0) is 20.9 Å². The van der Waals surface area contributed by atoms with E-state index in [1.807, 2.05) is 11.9 Å². The van der Waals surface area contributed by atoms with Crippen LogP contribution in [-0.2, 0) is 9.53 Å². The fraction of sp³-hybridized carbons (Fsp3) is 0.778. The maximum absolute atomic E-state index is 11.3. The van der Waals surface area contributed by atoms with Crippen LogP contribution < -0.4 is 5.73 Å². The summed E-state index contributed by atoms with van der Waals surface area (Å²) >= 11 is 4.75. The summed E-state index contributed by atoms with van der Waals surface area (Å²) in [5.41, 5.74) is 5.36. The second kappa shape index (κ2) is 6.73. The Morgan fingerprint density at radius 3 is 2.64 bits per heavy atom. The molecule has 0 amide bonds. The number of thiocarbonyl (C=S) groups is 1. The molecule has 1 unspecified atom stereocenters. The average molecular weight is 218 g/mol. The molecule has 0 spiro atoms. The summed E-state index contributed by atoms with van der Waals surface area (Å²) in [6.07, 6.45) is 0.621. The number of nitrogens with two attached hydrogens (primary N) is 1. The van der Waals surface area contributed by atoms with E-state index in [0.717, 1.165) is 0 Å². The number of likely N-dealkylation sites (N-methyl/N-ethyl adjacent to an activating group) is 1. The topological polar surface area (TPSA) is 55.6 Å². The fourth-order valence-electron chi connectivity index (χ4n) is 0.923. The summed E-state index contributed by atoms with van der Waals surface area (Å²) in [7, 11) is 1.85. The molecule has 14 heavy (non-hydrogen) atoms. The number of carbonyl (C=O) groups excluding carboxylic acids is 1. The number of ether oxygens (including phenoxy) is 1. The van der Waals surface area contributed by atoms with Crippen LogP contribution in [-0.4, -0.2) is 42.1 Å². The lowest BCUT2D eigenvalue weighted by atomic mass is 10.3. The molecule has 0 aromatic rings. The van der Waals surface area contributed by atoms with E-state index in [1.165, 1.54) is 0 Å². The second-order valence-corrected chi connectivity index (χ2v) is 3.65. The lowest BCUT2D eigenvalue weighted by Crippen LogP contribution is -2.38. The summed E-state index contributed by atoms with van der Waals surface area (Å²) in [5, 5.41) is 0. The van der Waals surface area contributed by atoms with Crippen molar-refractivity contribution in [1.29, 1.82) is 0 Å². The number of carbonyl (C=O) groups is 1. The molecule has 0 aliphatic heterocycles. The Hall–Kier alpha value is -0.680. The number of hydrogen-bond donors (Lipinski definition) is 1. The zero-order chi connectivity index (χ0) is 11.1. The van der Waals surface area contributed by atoms with Crippen molar-refractivity contribution >= 4 is 23.2 Å². The first-order valence-corrected chi connectivity index (χ1v) is 5.05. The average Bonchev–Trinajstić information content (AvgIpc) is 2.13. The largest absolute Gasteiger partial charge is 0.465 e. The molecule has 0 aromatic heterocycles. The monoisotopic (exact) mass is 218 g/mol. The van der Waals surface area contributed by atoms with E-state index >= 15 is 0 Å². The van der Waals surface area contributed by atoms with Crippen LogP contribution in [0.5, 0.6) is 0 Å². The van der Waals surface area contributed by atoms with Gasteiger partial charge in [-0.15, -0.1) is 0 Å². The van der Waals surface area contributed by atoms with Gasteiger partial charge in [0.15, 0.2) is 0 Å². The van der Waals surface area contributed by atoms with Gasteiger partial charge in [-0.3, -0.25) is 9.69 Å². The second-order valence-electron chi connectivity index (χ2n) is 3.12. The SMILES string of the molecule is CCOC(=O)C(C)N(C)CCC(N)=S. The van der Waals surface area contributed by atoms with E-state index in [-0.39, 0.29) is 12.0 Å². The predicted molar refractivity (Wildman–Crippen MR) is 60.1 cm³/mol. The van der Waals surface area contributed by atoms with Crippen LogP contribution in [0.1, 0.15) is 20.3 Å². The minimum atomic E-state index is -0.246. The van der Waals surface area contributed by atoms with E-state index in [9.17, 15) is 4.79 Å². The van der Waals surface area contributed by atoms with Crippen LogP contribution in [0, 0.1) is 0 Å². The molecular formula is C9H18N2O2S. The van der Waals surface area contributed by atoms with Gasteiger partial charge in [-0.2, -0.15) is 0 Å². The van der Waals surface area contributed by atoms with Gasteiger partial charge in [0, 0.05) is 13.0 Å². The van der Waals surface area contributed by atoms with Gasteiger partial charge in [-0.25, -0.2) is 0 Å². The molecule has 2 N–H and O–H groups in total. The van der Waals surface area contributed by atoms with Crippen LogP contribution in [0.4, 0.5) is 0 Å². The quantitative estimate of drug-likeness (QED) is 0.521. The summed E-state index contributed by atoms with van der Waals surface area (Å²) in [6.45, 7) is 4.68. The van der Waals surface area contributed by atoms with Crippen molar-refractivity contribution in [3.63, 3.8) is 0 Å². The van der Waals surface area contributed by atoms with Crippen LogP contribution >= 0.6 is 12.2 Å². The standard InChI is InChI=1S/C9H18N2O2S/c1-4-13-9(12)7(2)11(3)6-5-8(10)14/h7H,4-6H2,1-3H3,(H2,10,14). The summed E-state index contributed by atoms with van der Waals surface area (Å²) in [4.78, 5) is 13.6. The first-order chi connectivity index (χ1) is 6.49. The van der Waals surface area contributed by atoms with Crippen LogP contribution in [0.3, 0.4) is 0 Å². The molecule has 82 valence electrons. The van der Waals surface area contributed by atoms with Gasteiger partial charge in [-0.1, -0.05) is 12.2 Å². The van der Waals surface area contributed by atoms with Crippen molar-refractivity contribution < 1.29 is 9.53 Å². The molecule has 0 rings (SSSR count). The van der Waals surface area contributed by atoms with Crippen molar-refractivity contribution in [2.75, 3.05) is 20.2 Å².